The van der Waals surface area contributed by atoms with Crippen molar-refractivity contribution in [3.63, 3.8) is 0 Å². The molecule has 9 heteroatoms. The molecule has 1 saturated carbocycles. The summed E-state index contributed by atoms with van der Waals surface area (Å²) in [4.78, 5) is 25.5. The predicted molar refractivity (Wildman–Crippen MR) is 120 cm³/mol. The van der Waals surface area contributed by atoms with Gasteiger partial charge < -0.3 is 16.8 Å². The number of hydrogen-bond donors (Lipinski definition) is 4. The zero-order valence-corrected chi connectivity index (χ0v) is 17.5. The molecule has 2 aromatic carbocycles. The van der Waals surface area contributed by atoms with Crippen LogP contribution in [-0.4, -0.2) is 32.7 Å². The second-order valence-electron chi connectivity index (χ2n) is 7.55. The van der Waals surface area contributed by atoms with Crippen LogP contribution in [0, 0.1) is 12.3 Å². The number of hydrogen-bond acceptors (Lipinski definition) is 6. The molecule has 0 radical (unpaired) electrons. The summed E-state index contributed by atoms with van der Waals surface area (Å²) in [5.74, 6) is -0.376. The average Bonchev–Trinajstić information content (AvgIpc) is 3.47. The van der Waals surface area contributed by atoms with E-state index >= 15 is 0 Å². The molecule has 0 atom stereocenters. The van der Waals surface area contributed by atoms with Crippen LogP contribution in [0.4, 0.5) is 11.5 Å². The molecular weight excluding hydrogens is 416 g/mol. The van der Waals surface area contributed by atoms with Crippen molar-refractivity contribution >= 4 is 40.0 Å². The summed E-state index contributed by atoms with van der Waals surface area (Å²) in [6.45, 7) is 1.87. The molecule has 8 nitrogen and oxygen atoms in total. The molecule has 1 fully saturated rings. The van der Waals surface area contributed by atoms with Gasteiger partial charge in [-0.25, -0.2) is 4.68 Å². The Hall–Kier alpha value is -3.65. The minimum absolute atomic E-state index is 0.146. The van der Waals surface area contributed by atoms with Gasteiger partial charge in [0.1, 0.15) is 11.0 Å². The Morgan fingerprint density at radius 2 is 1.84 bits per heavy atom. The van der Waals surface area contributed by atoms with E-state index in [4.69, 9.17) is 28.5 Å². The van der Waals surface area contributed by atoms with Crippen LogP contribution in [0.15, 0.2) is 42.6 Å². The van der Waals surface area contributed by atoms with Gasteiger partial charge in [0.05, 0.1) is 17.4 Å². The van der Waals surface area contributed by atoms with Gasteiger partial charge in [-0.05, 0) is 55.7 Å². The zero-order valence-electron chi connectivity index (χ0n) is 16.8. The normalized spacial score (nSPS) is 13.1. The van der Waals surface area contributed by atoms with Crippen molar-refractivity contribution < 1.29 is 9.59 Å². The molecule has 1 aromatic heterocycles. The number of nitrogen functional groups attached to an aromatic ring is 2. The number of ketones is 1. The van der Waals surface area contributed by atoms with E-state index < -0.39 is 0 Å². The standard InChI is InChI=1S/C22H21ClN6O2/c1-11-2-3-13(22(31)28-14-5-6-14)9-18(11)29-21(26)16(10-27-29)19(30)12-4-7-17(24)15(8-12)20(23)25/h2-4,7-10,14,25H,5-6,24,26H2,1H3,(H,28,31). The maximum Gasteiger partial charge on any atom is 0.251 e. The summed E-state index contributed by atoms with van der Waals surface area (Å²) >= 11 is 5.76. The molecule has 1 aliphatic rings. The maximum atomic E-state index is 13.0. The quantitative estimate of drug-likeness (QED) is 0.267. The van der Waals surface area contributed by atoms with Crippen LogP contribution >= 0.6 is 11.6 Å². The first-order valence-corrected chi connectivity index (χ1v) is 10.1. The van der Waals surface area contributed by atoms with E-state index in [9.17, 15) is 9.59 Å². The number of benzene rings is 2. The van der Waals surface area contributed by atoms with E-state index in [1.807, 2.05) is 13.0 Å². The van der Waals surface area contributed by atoms with Crippen LogP contribution in [0.5, 0.6) is 0 Å². The monoisotopic (exact) mass is 436 g/mol. The Kier molecular flexibility index (Phi) is 5.24. The average molecular weight is 437 g/mol. The molecule has 0 spiro atoms. The lowest BCUT2D eigenvalue weighted by Crippen LogP contribution is -2.25. The predicted octanol–water partition coefficient (Wildman–Crippen LogP) is 3.03. The molecule has 6 N–H and O–H groups in total. The van der Waals surface area contributed by atoms with Crippen molar-refractivity contribution in [1.82, 2.24) is 15.1 Å². The highest BCUT2D eigenvalue weighted by Gasteiger charge is 2.25. The second kappa shape index (κ2) is 7.88. The summed E-state index contributed by atoms with van der Waals surface area (Å²) in [6, 6.07) is 10.0. The minimum Gasteiger partial charge on any atom is -0.398 e. The third-order valence-electron chi connectivity index (χ3n) is 5.22. The molecular formula is C22H21ClN6O2. The van der Waals surface area contributed by atoms with Crippen LogP contribution < -0.4 is 16.8 Å². The van der Waals surface area contributed by atoms with Crippen molar-refractivity contribution in [3.05, 3.63) is 70.4 Å². The highest BCUT2D eigenvalue weighted by atomic mass is 35.5. The van der Waals surface area contributed by atoms with Gasteiger partial charge in [-0.3, -0.25) is 15.0 Å². The summed E-state index contributed by atoms with van der Waals surface area (Å²) in [5, 5.41) is 14.6. The summed E-state index contributed by atoms with van der Waals surface area (Å²) in [7, 11) is 0. The van der Waals surface area contributed by atoms with Crippen molar-refractivity contribution in [1.29, 1.82) is 5.41 Å². The number of nitrogens with zero attached hydrogens (tertiary/aromatic N) is 2. The molecule has 0 bridgehead atoms. The molecule has 3 aromatic rings. The molecule has 1 heterocycles. The molecule has 1 amide bonds. The SMILES string of the molecule is Cc1ccc(C(=O)NC2CC2)cc1-n1ncc(C(=O)c2ccc(N)c(C(=N)Cl)c2)c1N. The first kappa shape index (κ1) is 20.6. The molecule has 0 saturated heterocycles. The molecule has 1 aliphatic carbocycles. The first-order valence-electron chi connectivity index (χ1n) is 9.70. The van der Waals surface area contributed by atoms with Crippen molar-refractivity contribution in [2.75, 3.05) is 11.5 Å². The van der Waals surface area contributed by atoms with Crippen LogP contribution in [0.25, 0.3) is 5.69 Å². The van der Waals surface area contributed by atoms with E-state index in [2.05, 4.69) is 10.4 Å². The van der Waals surface area contributed by atoms with Gasteiger partial charge in [0.15, 0.2) is 5.78 Å². The van der Waals surface area contributed by atoms with Gasteiger partial charge in [0.25, 0.3) is 5.91 Å². The van der Waals surface area contributed by atoms with Gasteiger partial charge in [-0.1, -0.05) is 17.7 Å². The van der Waals surface area contributed by atoms with E-state index in [0.29, 0.717) is 16.9 Å². The Balaban J connectivity index is 1.68. The maximum absolute atomic E-state index is 13.0. The van der Waals surface area contributed by atoms with Crippen LogP contribution in [0.2, 0.25) is 0 Å². The van der Waals surface area contributed by atoms with E-state index in [0.717, 1.165) is 18.4 Å². The lowest BCUT2D eigenvalue weighted by molar-refractivity contribution is 0.0950. The van der Waals surface area contributed by atoms with Crippen molar-refractivity contribution in [3.8, 4) is 5.69 Å². The lowest BCUT2D eigenvalue weighted by atomic mass is 10.0. The third kappa shape index (κ3) is 4.02. The van der Waals surface area contributed by atoms with Gasteiger partial charge in [-0.2, -0.15) is 5.10 Å². The highest BCUT2D eigenvalue weighted by Crippen LogP contribution is 2.26. The number of halogens is 1. The molecule has 0 aliphatic heterocycles. The number of amides is 1. The topological polar surface area (TPSA) is 140 Å². The number of aryl methyl sites for hydroxylation is 1. The fourth-order valence-corrected chi connectivity index (χ4v) is 3.41. The Morgan fingerprint density at radius 3 is 2.52 bits per heavy atom. The number of nitrogens with one attached hydrogen (secondary N) is 2. The van der Waals surface area contributed by atoms with Crippen LogP contribution in [-0.2, 0) is 0 Å². The first-order chi connectivity index (χ1) is 14.8. The number of carbonyl (C=O) groups excluding carboxylic acids is 2. The Morgan fingerprint density at radius 1 is 1.13 bits per heavy atom. The zero-order chi connectivity index (χ0) is 22.3. The number of carbonyl (C=O) groups is 2. The summed E-state index contributed by atoms with van der Waals surface area (Å²) in [6.07, 6.45) is 3.38. The van der Waals surface area contributed by atoms with E-state index in [1.54, 1.807) is 18.2 Å². The fourth-order valence-electron chi connectivity index (χ4n) is 3.24. The number of nitrogens with two attached hydrogens (primary N) is 2. The highest BCUT2D eigenvalue weighted by molar-refractivity contribution is 6.69. The minimum atomic E-state index is -0.372. The molecule has 0 unspecified atom stereocenters. The smallest absolute Gasteiger partial charge is 0.251 e. The summed E-state index contributed by atoms with van der Waals surface area (Å²) in [5.41, 5.74) is 15.1. The third-order valence-corrected chi connectivity index (χ3v) is 5.42. The van der Waals surface area contributed by atoms with E-state index in [1.165, 1.54) is 23.0 Å². The Labute approximate surface area is 183 Å². The van der Waals surface area contributed by atoms with Gasteiger partial charge in [0, 0.05) is 28.4 Å². The van der Waals surface area contributed by atoms with Gasteiger partial charge >= 0.3 is 0 Å². The van der Waals surface area contributed by atoms with Gasteiger partial charge in [-0.15, -0.1) is 0 Å². The molecule has 158 valence electrons. The number of rotatable bonds is 6. The molecule has 31 heavy (non-hydrogen) atoms. The summed E-state index contributed by atoms with van der Waals surface area (Å²) < 4.78 is 1.44. The number of aromatic nitrogens is 2. The van der Waals surface area contributed by atoms with Gasteiger partial charge in [0.2, 0.25) is 0 Å². The second-order valence-corrected chi connectivity index (χ2v) is 7.93. The van der Waals surface area contributed by atoms with Crippen molar-refractivity contribution in [2.24, 2.45) is 0 Å². The van der Waals surface area contributed by atoms with Crippen molar-refractivity contribution in [2.45, 2.75) is 25.8 Å². The van der Waals surface area contributed by atoms with Crippen LogP contribution in [0.1, 0.15) is 50.2 Å². The lowest BCUT2D eigenvalue weighted by Gasteiger charge is -2.11. The molecule has 4 rings (SSSR count). The van der Waals surface area contributed by atoms with Crippen LogP contribution in [0.3, 0.4) is 0 Å². The van der Waals surface area contributed by atoms with E-state index in [-0.39, 0.29) is 45.4 Å². The largest absolute Gasteiger partial charge is 0.398 e. The Bertz CT molecular complexity index is 1230. The fraction of sp³-hybridized carbons (Fsp3) is 0.182. The number of anilines is 2.